The van der Waals surface area contributed by atoms with E-state index >= 15 is 0 Å². The van der Waals surface area contributed by atoms with Crippen molar-refractivity contribution in [3.05, 3.63) is 18.6 Å². The van der Waals surface area contributed by atoms with Crippen molar-refractivity contribution in [3.8, 4) is 0 Å². The van der Waals surface area contributed by atoms with Crippen LogP contribution in [0.5, 0.6) is 0 Å². The molecule has 1 atom stereocenters. The zero-order valence-electron chi connectivity index (χ0n) is 12.0. The molecule has 2 N–H and O–H groups in total. The van der Waals surface area contributed by atoms with Gasteiger partial charge in [0.15, 0.2) is 5.82 Å². The summed E-state index contributed by atoms with van der Waals surface area (Å²) in [7, 11) is 1.97. The lowest BCUT2D eigenvalue weighted by Crippen LogP contribution is -2.47. The number of aromatic amines is 1. The van der Waals surface area contributed by atoms with Crippen LogP contribution in [0, 0.1) is 5.92 Å². The Hall–Kier alpha value is -2.15. The van der Waals surface area contributed by atoms with Gasteiger partial charge in [0.1, 0.15) is 12.0 Å². The molecule has 2 aromatic heterocycles. The van der Waals surface area contributed by atoms with Gasteiger partial charge in [0, 0.05) is 32.8 Å². The highest BCUT2D eigenvalue weighted by Gasteiger charge is 2.25. The number of aliphatic carboxylic acids is 1. The predicted molar refractivity (Wildman–Crippen MR) is 78.8 cm³/mol. The summed E-state index contributed by atoms with van der Waals surface area (Å²) in [6.07, 6.45) is 5.60. The Kier molecular flexibility index (Phi) is 3.74. The molecule has 21 heavy (non-hydrogen) atoms. The Bertz CT molecular complexity index is 641. The van der Waals surface area contributed by atoms with Crippen LogP contribution in [0.15, 0.2) is 18.6 Å². The first-order valence-corrected chi connectivity index (χ1v) is 7.13. The number of hydrogen-bond acceptors (Lipinski definition) is 5. The van der Waals surface area contributed by atoms with Gasteiger partial charge in [0.2, 0.25) is 0 Å². The molecule has 1 unspecified atom stereocenters. The number of carboxylic acid groups (broad SMARTS) is 1. The molecule has 7 nitrogen and oxygen atoms in total. The minimum absolute atomic E-state index is 0.197. The van der Waals surface area contributed by atoms with Gasteiger partial charge in [-0.15, -0.1) is 0 Å². The van der Waals surface area contributed by atoms with Crippen molar-refractivity contribution >= 4 is 22.8 Å². The summed E-state index contributed by atoms with van der Waals surface area (Å²) in [5.74, 6) is 0.319. The van der Waals surface area contributed by atoms with Gasteiger partial charge in [-0.2, -0.15) is 0 Å². The number of nitrogens with zero attached hydrogens (tertiary/aromatic N) is 4. The fourth-order valence-corrected chi connectivity index (χ4v) is 2.98. The Morgan fingerprint density at radius 2 is 2.43 bits per heavy atom. The second kappa shape index (κ2) is 5.69. The van der Waals surface area contributed by atoms with E-state index in [2.05, 4.69) is 20.0 Å². The maximum Gasteiger partial charge on any atom is 0.303 e. The van der Waals surface area contributed by atoms with Crippen molar-refractivity contribution in [2.24, 2.45) is 5.92 Å². The lowest BCUT2D eigenvalue weighted by atomic mass is 9.96. The summed E-state index contributed by atoms with van der Waals surface area (Å²) in [5, 5.41) is 14.1. The van der Waals surface area contributed by atoms with Crippen molar-refractivity contribution in [2.75, 3.05) is 25.1 Å². The van der Waals surface area contributed by atoms with Gasteiger partial charge in [-0.05, 0) is 24.8 Å². The van der Waals surface area contributed by atoms with Crippen LogP contribution in [0.2, 0.25) is 0 Å². The minimum atomic E-state index is -0.723. The first-order chi connectivity index (χ1) is 10.1. The molecule has 0 radical (unpaired) electrons. The second-order valence-corrected chi connectivity index (χ2v) is 5.48. The van der Waals surface area contributed by atoms with Gasteiger partial charge in [0.25, 0.3) is 0 Å². The molecule has 0 amide bonds. The molecule has 0 spiro atoms. The van der Waals surface area contributed by atoms with Gasteiger partial charge in [-0.25, -0.2) is 15.0 Å². The van der Waals surface area contributed by atoms with Crippen LogP contribution in [0.4, 0.5) is 5.82 Å². The number of hydrazine groups is 1. The number of anilines is 1. The first-order valence-electron chi connectivity index (χ1n) is 7.13. The lowest BCUT2D eigenvalue weighted by molar-refractivity contribution is -0.138. The number of aromatic nitrogens is 3. The largest absolute Gasteiger partial charge is 0.481 e. The molecule has 0 aliphatic carbocycles. The van der Waals surface area contributed by atoms with Crippen LogP contribution in [-0.4, -0.2) is 51.2 Å². The highest BCUT2D eigenvalue weighted by molar-refractivity contribution is 5.86. The molecule has 112 valence electrons. The van der Waals surface area contributed by atoms with E-state index in [9.17, 15) is 4.79 Å². The summed E-state index contributed by atoms with van der Waals surface area (Å²) < 4.78 is 0. The highest BCUT2D eigenvalue weighted by atomic mass is 16.4. The summed E-state index contributed by atoms with van der Waals surface area (Å²) in [4.78, 5) is 22.5. The molecular weight excluding hydrogens is 270 g/mol. The van der Waals surface area contributed by atoms with Crippen molar-refractivity contribution in [3.63, 3.8) is 0 Å². The van der Waals surface area contributed by atoms with E-state index in [-0.39, 0.29) is 12.3 Å². The standard InChI is InChI=1S/C14H19N5O2/c1-18(14-11-4-5-15-13(11)16-9-17-14)19-6-2-3-10(8-19)7-12(20)21/h4-5,9-10H,2-3,6-8H2,1H3,(H,20,21)(H,15,16,17). The zero-order chi connectivity index (χ0) is 14.8. The van der Waals surface area contributed by atoms with E-state index in [4.69, 9.17) is 5.11 Å². The lowest BCUT2D eigenvalue weighted by Gasteiger charge is -2.38. The topological polar surface area (TPSA) is 85.4 Å². The Morgan fingerprint density at radius 1 is 1.57 bits per heavy atom. The van der Waals surface area contributed by atoms with Gasteiger partial charge < -0.3 is 10.1 Å². The van der Waals surface area contributed by atoms with Gasteiger partial charge in [0.05, 0.1) is 5.39 Å². The molecule has 3 heterocycles. The van der Waals surface area contributed by atoms with Crippen molar-refractivity contribution in [1.29, 1.82) is 0 Å². The van der Waals surface area contributed by atoms with E-state index in [0.717, 1.165) is 42.8 Å². The molecule has 0 saturated carbocycles. The third kappa shape index (κ3) is 2.82. The van der Waals surface area contributed by atoms with Crippen LogP contribution in [0.1, 0.15) is 19.3 Å². The molecule has 1 saturated heterocycles. The zero-order valence-corrected chi connectivity index (χ0v) is 12.0. The number of fused-ring (bicyclic) bond motifs is 1. The number of carboxylic acids is 1. The molecule has 7 heteroatoms. The predicted octanol–water partition coefficient (Wildman–Crippen LogP) is 1.50. The van der Waals surface area contributed by atoms with E-state index < -0.39 is 5.97 Å². The van der Waals surface area contributed by atoms with Crippen LogP contribution in [0.25, 0.3) is 11.0 Å². The Morgan fingerprint density at radius 3 is 3.24 bits per heavy atom. The Labute approximate surface area is 122 Å². The summed E-state index contributed by atoms with van der Waals surface area (Å²) in [6.45, 7) is 1.67. The van der Waals surface area contributed by atoms with Crippen LogP contribution >= 0.6 is 0 Å². The summed E-state index contributed by atoms with van der Waals surface area (Å²) >= 11 is 0. The number of H-pyrrole nitrogens is 1. The fraction of sp³-hybridized carbons (Fsp3) is 0.500. The number of rotatable bonds is 4. The average molecular weight is 289 g/mol. The van der Waals surface area contributed by atoms with Gasteiger partial charge in [-0.1, -0.05) is 0 Å². The van der Waals surface area contributed by atoms with E-state index in [0.29, 0.717) is 0 Å². The molecule has 0 bridgehead atoms. The number of hydrogen-bond donors (Lipinski definition) is 2. The number of piperidine rings is 1. The maximum atomic E-state index is 10.9. The van der Waals surface area contributed by atoms with E-state index in [1.807, 2.05) is 24.3 Å². The molecule has 2 aromatic rings. The summed E-state index contributed by atoms with van der Waals surface area (Å²) in [5.41, 5.74) is 0.811. The Balaban J connectivity index is 1.79. The third-order valence-electron chi connectivity index (χ3n) is 4.02. The van der Waals surface area contributed by atoms with E-state index in [1.165, 1.54) is 0 Å². The van der Waals surface area contributed by atoms with Gasteiger partial charge >= 0.3 is 5.97 Å². The molecular formula is C14H19N5O2. The highest BCUT2D eigenvalue weighted by Crippen LogP contribution is 2.26. The van der Waals surface area contributed by atoms with Crippen LogP contribution in [0.3, 0.4) is 0 Å². The fourth-order valence-electron chi connectivity index (χ4n) is 2.98. The average Bonchev–Trinajstić information content (AvgIpc) is 2.94. The molecule has 3 rings (SSSR count). The first kappa shape index (κ1) is 13.8. The molecule has 0 aromatic carbocycles. The molecule has 1 fully saturated rings. The monoisotopic (exact) mass is 289 g/mol. The van der Waals surface area contributed by atoms with Crippen molar-refractivity contribution < 1.29 is 9.90 Å². The van der Waals surface area contributed by atoms with Gasteiger partial charge in [-0.3, -0.25) is 9.80 Å². The maximum absolute atomic E-state index is 10.9. The van der Waals surface area contributed by atoms with Crippen molar-refractivity contribution in [2.45, 2.75) is 19.3 Å². The second-order valence-electron chi connectivity index (χ2n) is 5.48. The smallest absolute Gasteiger partial charge is 0.303 e. The molecule has 1 aliphatic rings. The minimum Gasteiger partial charge on any atom is -0.481 e. The van der Waals surface area contributed by atoms with E-state index in [1.54, 1.807) is 6.33 Å². The normalized spacial score (nSPS) is 19.8. The van der Waals surface area contributed by atoms with Crippen LogP contribution < -0.4 is 5.01 Å². The number of carbonyl (C=O) groups is 1. The quantitative estimate of drug-likeness (QED) is 0.887. The number of nitrogens with one attached hydrogen (secondary N) is 1. The van der Waals surface area contributed by atoms with Crippen LogP contribution in [-0.2, 0) is 4.79 Å². The van der Waals surface area contributed by atoms with Crippen molar-refractivity contribution in [1.82, 2.24) is 20.0 Å². The third-order valence-corrected chi connectivity index (χ3v) is 4.02. The SMILES string of the molecule is CN(c1ncnc2[nH]ccc12)N1CCCC(CC(=O)O)C1. The molecule has 1 aliphatic heterocycles. The summed E-state index contributed by atoms with van der Waals surface area (Å²) in [6, 6.07) is 1.96.